The number of ether oxygens (including phenoxy) is 1. The third-order valence-corrected chi connectivity index (χ3v) is 2.03. The molecule has 1 rings (SSSR count). The number of nitrogens with one attached hydrogen (secondary N) is 1. The predicted octanol–water partition coefficient (Wildman–Crippen LogP) is 1.15. The number of amides is 1. The van der Waals surface area contributed by atoms with Crippen LogP contribution in [-0.2, 0) is 9.53 Å². The highest BCUT2D eigenvalue weighted by Crippen LogP contribution is 2.02. The zero-order chi connectivity index (χ0) is 13.5. The van der Waals surface area contributed by atoms with Crippen molar-refractivity contribution in [3.05, 3.63) is 35.6 Å². The quantitative estimate of drug-likeness (QED) is 0.487. The fraction of sp³-hybridized carbons (Fsp3) is 0.250. The molecule has 0 fully saturated rings. The number of hydrogen-bond donors (Lipinski definition) is 1. The normalized spacial score (nSPS) is 10.9. The van der Waals surface area contributed by atoms with Crippen LogP contribution in [0.15, 0.2) is 29.3 Å². The molecule has 1 aromatic rings. The predicted molar refractivity (Wildman–Crippen MR) is 63.9 cm³/mol. The molecule has 0 aliphatic rings. The molecule has 6 heteroatoms. The highest BCUT2D eigenvalue weighted by Gasteiger charge is 2.16. The largest absolute Gasteiger partial charge is 0.460 e. The van der Waals surface area contributed by atoms with Crippen LogP contribution in [0.4, 0.5) is 4.39 Å². The number of amidine groups is 1. The van der Waals surface area contributed by atoms with Crippen molar-refractivity contribution in [2.75, 3.05) is 13.7 Å². The van der Waals surface area contributed by atoms with Crippen LogP contribution in [0.2, 0.25) is 0 Å². The van der Waals surface area contributed by atoms with Crippen molar-refractivity contribution < 1.29 is 18.7 Å². The molecule has 0 aliphatic heterocycles. The number of carbonyl (C=O) groups is 2. The van der Waals surface area contributed by atoms with E-state index in [0.717, 1.165) is 12.1 Å². The molecular weight excluding hydrogens is 239 g/mol. The van der Waals surface area contributed by atoms with E-state index >= 15 is 0 Å². The molecule has 18 heavy (non-hydrogen) atoms. The van der Waals surface area contributed by atoms with E-state index in [2.05, 4.69) is 10.3 Å². The number of hydrogen-bond acceptors (Lipinski definition) is 4. The van der Waals surface area contributed by atoms with Crippen molar-refractivity contribution >= 4 is 17.7 Å². The first kappa shape index (κ1) is 13.8. The number of nitrogens with zero attached hydrogens (tertiary/aromatic N) is 1. The summed E-state index contributed by atoms with van der Waals surface area (Å²) in [4.78, 5) is 26.7. The van der Waals surface area contributed by atoms with Gasteiger partial charge in [-0.2, -0.15) is 0 Å². The fourth-order valence-corrected chi connectivity index (χ4v) is 1.18. The average molecular weight is 252 g/mol. The zero-order valence-electron chi connectivity index (χ0n) is 10.1. The molecule has 0 aromatic heterocycles. The lowest BCUT2D eigenvalue weighted by Gasteiger charge is -2.07. The van der Waals surface area contributed by atoms with E-state index in [1.54, 1.807) is 6.92 Å². The van der Waals surface area contributed by atoms with Gasteiger partial charge in [-0.25, -0.2) is 9.18 Å². The second-order valence-electron chi connectivity index (χ2n) is 3.25. The minimum absolute atomic E-state index is 0.185. The average Bonchev–Trinajstić information content (AvgIpc) is 2.36. The van der Waals surface area contributed by atoms with Crippen molar-refractivity contribution in [1.29, 1.82) is 0 Å². The smallest absolute Gasteiger partial charge is 0.374 e. The number of benzene rings is 1. The Morgan fingerprint density at radius 2 is 1.94 bits per heavy atom. The SMILES string of the molecule is CCOC(=O)C(=NC)NC(=O)c1ccc(F)cc1. The van der Waals surface area contributed by atoms with Crippen LogP contribution >= 0.6 is 0 Å². The third-order valence-electron chi connectivity index (χ3n) is 2.03. The Morgan fingerprint density at radius 3 is 2.44 bits per heavy atom. The van der Waals surface area contributed by atoms with Gasteiger partial charge < -0.3 is 10.1 Å². The lowest BCUT2D eigenvalue weighted by molar-refractivity contribution is -0.135. The van der Waals surface area contributed by atoms with E-state index in [0.29, 0.717) is 0 Å². The molecule has 0 saturated carbocycles. The number of esters is 1. The maximum atomic E-state index is 12.7. The Kier molecular flexibility index (Phi) is 4.98. The van der Waals surface area contributed by atoms with E-state index < -0.39 is 17.7 Å². The van der Waals surface area contributed by atoms with Gasteiger partial charge in [0.1, 0.15) is 5.82 Å². The van der Waals surface area contributed by atoms with Crippen molar-refractivity contribution in [2.45, 2.75) is 6.92 Å². The minimum atomic E-state index is -0.713. The van der Waals surface area contributed by atoms with Gasteiger partial charge in [0.2, 0.25) is 5.84 Å². The highest BCUT2D eigenvalue weighted by atomic mass is 19.1. The molecule has 0 bridgehead atoms. The first-order valence-electron chi connectivity index (χ1n) is 5.29. The Balaban J connectivity index is 2.74. The number of carbonyl (C=O) groups excluding carboxylic acids is 2. The monoisotopic (exact) mass is 252 g/mol. The first-order valence-corrected chi connectivity index (χ1v) is 5.29. The molecule has 0 heterocycles. The summed E-state index contributed by atoms with van der Waals surface area (Å²) in [6, 6.07) is 4.93. The van der Waals surface area contributed by atoms with Gasteiger partial charge in [0.25, 0.3) is 5.91 Å². The van der Waals surface area contributed by atoms with Gasteiger partial charge in [-0.3, -0.25) is 9.79 Å². The number of aliphatic imine (C=N–C) groups is 1. The van der Waals surface area contributed by atoms with Gasteiger partial charge in [-0.05, 0) is 31.2 Å². The maximum Gasteiger partial charge on any atom is 0.374 e. The molecule has 1 N–H and O–H groups in total. The second-order valence-corrected chi connectivity index (χ2v) is 3.25. The van der Waals surface area contributed by atoms with E-state index in [9.17, 15) is 14.0 Å². The number of rotatable bonds is 2. The minimum Gasteiger partial charge on any atom is -0.460 e. The lowest BCUT2D eigenvalue weighted by atomic mass is 10.2. The van der Waals surface area contributed by atoms with Gasteiger partial charge in [-0.1, -0.05) is 0 Å². The van der Waals surface area contributed by atoms with Crippen molar-refractivity contribution in [2.24, 2.45) is 4.99 Å². The molecule has 1 amide bonds. The van der Waals surface area contributed by atoms with Crippen LogP contribution in [0.25, 0.3) is 0 Å². The van der Waals surface area contributed by atoms with E-state index in [1.807, 2.05) is 0 Å². The molecule has 0 saturated heterocycles. The summed E-state index contributed by atoms with van der Waals surface area (Å²) in [7, 11) is 1.36. The summed E-state index contributed by atoms with van der Waals surface area (Å²) in [5.41, 5.74) is 0.224. The van der Waals surface area contributed by atoms with E-state index in [1.165, 1.54) is 19.2 Å². The maximum absolute atomic E-state index is 12.7. The molecule has 0 aliphatic carbocycles. The molecule has 5 nitrogen and oxygen atoms in total. The molecule has 0 spiro atoms. The van der Waals surface area contributed by atoms with Crippen LogP contribution in [-0.4, -0.2) is 31.4 Å². The van der Waals surface area contributed by atoms with Crippen molar-refractivity contribution in [1.82, 2.24) is 5.32 Å². The molecule has 0 unspecified atom stereocenters. The summed E-state index contributed by atoms with van der Waals surface area (Å²) >= 11 is 0. The Bertz CT molecular complexity index is 469. The van der Waals surface area contributed by atoms with Crippen LogP contribution in [0.3, 0.4) is 0 Å². The van der Waals surface area contributed by atoms with Crippen molar-refractivity contribution in [3.8, 4) is 0 Å². The summed E-state index contributed by atoms with van der Waals surface area (Å²) in [5, 5.41) is 2.30. The van der Waals surface area contributed by atoms with Crippen LogP contribution in [0, 0.1) is 5.82 Å². The molecular formula is C12H13FN2O3. The Morgan fingerprint density at radius 1 is 1.33 bits per heavy atom. The Hall–Kier alpha value is -2.24. The van der Waals surface area contributed by atoms with Crippen LogP contribution in [0.1, 0.15) is 17.3 Å². The Labute approximate surface area is 104 Å². The van der Waals surface area contributed by atoms with E-state index in [-0.39, 0.29) is 18.0 Å². The van der Waals surface area contributed by atoms with Gasteiger partial charge in [-0.15, -0.1) is 0 Å². The molecule has 1 aromatic carbocycles. The first-order chi connectivity index (χ1) is 8.58. The van der Waals surface area contributed by atoms with Crippen LogP contribution in [0.5, 0.6) is 0 Å². The fourth-order valence-electron chi connectivity index (χ4n) is 1.18. The van der Waals surface area contributed by atoms with E-state index in [4.69, 9.17) is 4.74 Å². The second kappa shape index (κ2) is 6.48. The molecule has 0 radical (unpaired) electrons. The summed E-state index contributed by atoms with van der Waals surface area (Å²) < 4.78 is 17.4. The standard InChI is InChI=1S/C12H13FN2O3/c1-3-18-12(17)10(14-2)15-11(16)8-4-6-9(13)7-5-8/h4-7H,3H2,1-2H3,(H,14,15,16). The number of halogens is 1. The molecule has 0 atom stereocenters. The third kappa shape index (κ3) is 3.65. The van der Waals surface area contributed by atoms with Gasteiger partial charge >= 0.3 is 5.97 Å². The topological polar surface area (TPSA) is 67.8 Å². The van der Waals surface area contributed by atoms with Crippen LogP contribution < -0.4 is 5.32 Å². The van der Waals surface area contributed by atoms with Crippen molar-refractivity contribution in [3.63, 3.8) is 0 Å². The van der Waals surface area contributed by atoms with Gasteiger partial charge in [0.05, 0.1) is 6.61 Å². The van der Waals surface area contributed by atoms with Gasteiger partial charge in [0, 0.05) is 12.6 Å². The summed E-state index contributed by atoms with van der Waals surface area (Å²) in [6.45, 7) is 1.83. The zero-order valence-corrected chi connectivity index (χ0v) is 10.1. The lowest BCUT2D eigenvalue weighted by Crippen LogP contribution is -2.37. The summed E-state index contributed by atoms with van der Waals surface area (Å²) in [6.07, 6.45) is 0. The summed E-state index contributed by atoms with van der Waals surface area (Å²) in [5.74, 6) is -1.90. The van der Waals surface area contributed by atoms with Gasteiger partial charge in [0.15, 0.2) is 0 Å². The highest BCUT2D eigenvalue weighted by molar-refractivity contribution is 6.38. The molecule has 96 valence electrons.